The molecule has 6 nitrogen and oxygen atoms in total. The van der Waals surface area contributed by atoms with Gasteiger partial charge >= 0.3 is 0 Å². The molecule has 1 fully saturated rings. The molecule has 0 atom stereocenters. The van der Waals surface area contributed by atoms with E-state index in [1.54, 1.807) is 19.2 Å². The number of nitrogens with two attached hydrogens (primary N) is 1. The van der Waals surface area contributed by atoms with Crippen LogP contribution in [-0.4, -0.2) is 57.8 Å². The number of benzene rings is 1. The van der Waals surface area contributed by atoms with E-state index in [2.05, 4.69) is 4.90 Å². The number of anilines is 1. The minimum Gasteiger partial charge on any atom is -0.493 e. The van der Waals surface area contributed by atoms with E-state index >= 15 is 0 Å². The molecule has 1 aromatic rings. The summed E-state index contributed by atoms with van der Waals surface area (Å²) in [6.07, 6.45) is 1.62. The number of morpholine rings is 1. The van der Waals surface area contributed by atoms with Gasteiger partial charge in [-0.1, -0.05) is 0 Å². The Kier molecular flexibility index (Phi) is 5.83. The summed E-state index contributed by atoms with van der Waals surface area (Å²) in [7, 11) is 1.54. The molecule has 1 aromatic carbocycles. The predicted molar refractivity (Wildman–Crippen MR) is 80.2 cm³/mol. The molecule has 0 unspecified atom stereocenters. The molecule has 0 amide bonds. The third-order valence-corrected chi connectivity index (χ3v) is 3.48. The zero-order valence-electron chi connectivity index (χ0n) is 12.3. The van der Waals surface area contributed by atoms with E-state index in [-0.39, 0.29) is 0 Å². The van der Waals surface area contributed by atoms with Gasteiger partial charge in [-0.3, -0.25) is 9.69 Å². The maximum atomic E-state index is 10.9. The molecule has 21 heavy (non-hydrogen) atoms. The van der Waals surface area contributed by atoms with Crippen LogP contribution < -0.4 is 15.2 Å². The van der Waals surface area contributed by atoms with Gasteiger partial charge in [0.2, 0.25) is 0 Å². The summed E-state index contributed by atoms with van der Waals surface area (Å²) in [4.78, 5) is 13.2. The van der Waals surface area contributed by atoms with Crippen LogP contribution in [0.3, 0.4) is 0 Å². The Morgan fingerprint density at radius 2 is 2.10 bits per heavy atom. The maximum Gasteiger partial charge on any atom is 0.163 e. The summed E-state index contributed by atoms with van der Waals surface area (Å²) >= 11 is 0. The van der Waals surface area contributed by atoms with E-state index in [1.807, 2.05) is 0 Å². The Balaban J connectivity index is 1.84. The van der Waals surface area contributed by atoms with E-state index in [4.69, 9.17) is 19.9 Å². The van der Waals surface area contributed by atoms with Crippen LogP contribution in [0, 0.1) is 0 Å². The highest BCUT2D eigenvalue weighted by Gasteiger charge is 2.11. The smallest absolute Gasteiger partial charge is 0.163 e. The normalized spacial score (nSPS) is 15.7. The number of methoxy groups -OCH3 is 1. The lowest BCUT2D eigenvalue weighted by atomic mass is 10.2. The standard InChI is InChI=1S/C15H22N2O4/c1-19-14-9-12(11-18)13(16)10-15(14)21-6-2-3-17-4-7-20-8-5-17/h9-11H,2-8,16H2,1H3. The lowest BCUT2D eigenvalue weighted by Gasteiger charge is -2.26. The number of hydrogen-bond donors (Lipinski definition) is 1. The Morgan fingerprint density at radius 1 is 1.33 bits per heavy atom. The van der Waals surface area contributed by atoms with Crippen molar-refractivity contribution in [2.75, 3.05) is 52.3 Å². The molecular weight excluding hydrogens is 272 g/mol. The number of carbonyl (C=O) groups is 1. The van der Waals surface area contributed by atoms with Gasteiger partial charge in [-0.25, -0.2) is 0 Å². The molecule has 0 spiro atoms. The highest BCUT2D eigenvalue weighted by atomic mass is 16.5. The zero-order chi connectivity index (χ0) is 15.1. The van der Waals surface area contributed by atoms with E-state index in [1.165, 1.54) is 0 Å². The summed E-state index contributed by atoms with van der Waals surface area (Å²) in [6, 6.07) is 3.23. The van der Waals surface area contributed by atoms with Gasteiger partial charge in [0.25, 0.3) is 0 Å². The lowest BCUT2D eigenvalue weighted by Crippen LogP contribution is -2.37. The minimum absolute atomic E-state index is 0.397. The number of hydrogen-bond acceptors (Lipinski definition) is 6. The minimum atomic E-state index is 0.397. The second-order valence-corrected chi connectivity index (χ2v) is 4.91. The van der Waals surface area contributed by atoms with Crippen molar-refractivity contribution in [3.63, 3.8) is 0 Å². The number of nitrogen functional groups attached to an aromatic ring is 1. The Labute approximate surface area is 124 Å². The highest BCUT2D eigenvalue weighted by molar-refractivity contribution is 5.85. The van der Waals surface area contributed by atoms with Gasteiger partial charge in [0, 0.05) is 37.0 Å². The van der Waals surface area contributed by atoms with Gasteiger partial charge in [0.05, 0.1) is 26.9 Å². The molecule has 0 bridgehead atoms. The molecule has 0 aliphatic carbocycles. The van der Waals surface area contributed by atoms with Crippen LogP contribution in [0.2, 0.25) is 0 Å². The first kappa shape index (κ1) is 15.6. The van der Waals surface area contributed by atoms with Crippen LogP contribution in [0.4, 0.5) is 5.69 Å². The number of nitrogens with zero attached hydrogens (tertiary/aromatic N) is 1. The van der Waals surface area contributed by atoms with Gasteiger partial charge < -0.3 is 19.9 Å². The summed E-state index contributed by atoms with van der Waals surface area (Å²) in [5, 5.41) is 0. The Hall–Kier alpha value is -1.79. The second-order valence-electron chi connectivity index (χ2n) is 4.91. The molecule has 1 aliphatic rings. The van der Waals surface area contributed by atoms with Crippen LogP contribution in [0.15, 0.2) is 12.1 Å². The summed E-state index contributed by atoms with van der Waals surface area (Å²) < 4.78 is 16.3. The average molecular weight is 294 g/mol. The van der Waals surface area contributed by atoms with Crippen molar-refractivity contribution in [3.05, 3.63) is 17.7 Å². The van der Waals surface area contributed by atoms with Crippen LogP contribution in [0.5, 0.6) is 11.5 Å². The molecular formula is C15H22N2O4. The van der Waals surface area contributed by atoms with Gasteiger partial charge in [-0.2, -0.15) is 0 Å². The van der Waals surface area contributed by atoms with Crippen molar-refractivity contribution in [1.29, 1.82) is 0 Å². The second kappa shape index (κ2) is 7.85. The number of aldehydes is 1. The summed E-state index contributed by atoms with van der Waals surface area (Å²) in [6.45, 7) is 5.12. The third kappa shape index (κ3) is 4.34. The van der Waals surface area contributed by atoms with Crippen LogP contribution >= 0.6 is 0 Å². The molecule has 6 heteroatoms. The predicted octanol–water partition coefficient (Wildman–Crippen LogP) is 1.19. The molecule has 2 N–H and O–H groups in total. The van der Waals surface area contributed by atoms with Gasteiger partial charge in [0.15, 0.2) is 17.8 Å². The van der Waals surface area contributed by atoms with Gasteiger partial charge in [0.1, 0.15) is 0 Å². The fourth-order valence-corrected chi connectivity index (χ4v) is 2.26. The van der Waals surface area contributed by atoms with Crippen molar-refractivity contribution in [2.45, 2.75) is 6.42 Å². The van der Waals surface area contributed by atoms with Crippen molar-refractivity contribution >= 4 is 12.0 Å². The van der Waals surface area contributed by atoms with E-state index in [0.717, 1.165) is 39.3 Å². The van der Waals surface area contributed by atoms with Crippen LogP contribution in [0.1, 0.15) is 16.8 Å². The first-order valence-corrected chi connectivity index (χ1v) is 7.10. The molecule has 0 radical (unpaired) electrons. The quantitative estimate of drug-likeness (QED) is 0.462. The molecule has 1 heterocycles. The summed E-state index contributed by atoms with van der Waals surface area (Å²) in [5.41, 5.74) is 6.59. The van der Waals surface area contributed by atoms with Gasteiger partial charge in [-0.05, 0) is 12.5 Å². The molecule has 2 rings (SSSR count). The summed E-state index contributed by atoms with van der Waals surface area (Å²) in [5.74, 6) is 1.10. The van der Waals surface area contributed by atoms with Crippen LogP contribution in [0.25, 0.3) is 0 Å². The molecule has 0 saturated carbocycles. The number of carbonyl (C=O) groups excluding carboxylic acids is 1. The third-order valence-electron chi connectivity index (χ3n) is 3.48. The maximum absolute atomic E-state index is 10.9. The molecule has 1 aliphatic heterocycles. The van der Waals surface area contributed by atoms with Crippen LogP contribution in [-0.2, 0) is 4.74 Å². The topological polar surface area (TPSA) is 74.0 Å². The number of ether oxygens (including phenoxy) is 3. The zero-order valence-corrected chi connectivity index (χ0v) is 12.3. The Morgan fingerprint density at radius 3 is 2.76 bits per heavy atom. The number of rotatable bonds is 7. The SMILES string of the molecule is COc1cc(C=O)c(N)cc1OCCCN1CCOCC1. The monoisotopic (exact) mass is 294 g/mol. The first-order valence-electron chi connectivity index (χ1n) is 7.10. The largest absolute Gasteiger partial charge is 0.493 e. The van der Waals surface area contributed by atoms with Crippen molar-refractivity contribution in [1.82, 2.24) is 4.90 Å². The average Bonchev–Trinajstić information content (AvgIpc) is 2.52. The fraction of sp³-hybridized carbons (Fsp3) is 0.533. The van der Waals surface area contributed by atoms with Crippen molar-refractivity contribution in [2.24, 2.45) is 0 Å². The van der Waals surface area contributed by atoms with Crippen molar-refractivity contribution in [3.8, 4) is 11.5 Å². The van der Waals surface area contributed by atoms with E-state index in [0.29, 0.717) is 35.6 Å². The Bertz CT molecular complexity index is 473. The lowest BCUT2D eigenvalue weighted by molar-refractivity contribution is 0.0357. The fourth-order valence-electron chi connectivity index (χ4n) is 2.26. The van der Waals surface area contributed by atoms with E-state index in [9.17, 15) is 4.79 Å². The first-order chi connectivity index (χ1) is 10.2. The van der Waals surface area contributed by atoms with Crippen molar-refractivity contribution < 1.29 is 19.0 Å². The highest BCUT2D eigenvalue weighted by Crippen LogP contribution is 2.31. The van der Waals surface area contributed by atoms with Gasteiger partial charge in [-0.15, -0.1) is 0 Å². The van der Waals surface area contributed by atoms with E-state index < -0.39 is 0 Å². The molecule has 116 valence electrons. The molecule has 1 saturated heterocycles. The molecule has 0 aromatic heterocycles.